The van der Waals surface area contributed by atoms with E-state index in [0.717, 1.165) is 18.1 Å². The highest BCUT2D eigenvalue weighted by molar-refractivity contribution is 7.12. The first kappa shape index (κ1) is 23.1. The largest absolute Gasteiger partial charge is 0.390 e. The fourth-order valence-electron chi connectivity index (χ4n) is 3.38. The molecule has 0 bridgehead atoms. The van der Waals surface area contributed by atoms with Gasteiger partial charge in [-0.15, -0.1) is 11.3 Å². The first-order valence-corrected chi connectivity index (χ1v) is 11.1. The van der Waals surface area contributed by atoms with Gasteiger partial charge in [-0.2, -0.15) is 0 Å². The molecule has 0 radical (unpaired) electrons. The Balaban J connectivity index is 1.67. The molecule has 0 spiro atoms. The minimum Gasteiger partial charge on any atom is -0.390 e. The van der Waals surface area contributed by atoms with Gasteiger partial charge in [0.05, 0.1) is 17.0 Å². The number of nitrogens with one attached hydrogen (secondary N) is 2. The lowest BCUT2D eigenvalue weighted by molar-refractivity contribution is 0.0833. The molecule has 1 heterocycles. The topological polar surface area (TPSA) is 61.4 Å². The van der Waals surface area contributed by atoms with Crippen molar-refractivity contribution in [2.75, 3.05) is 6.54 Å². The molecule has 2 atom stereocenters. The summed E-state index contributed by atoms with van der Waals surface area (Å²) < 4.78 is 27.2. The molecule has 0 saturated heterocycles. The second kappa shape index (κ2) is 11.1. The summed E-state index contributed by atoms with van der Waals surface area (Å²) in [5, 5.41) is 18.6. The molecule has 0 saturated carbocycles. The van der Waals surface area contributed by atoms with Crippen LogP contribution in [-0.4, -0.2) is 29.7 Å². The summed E-state index contributed by atoms with van der Waals surface area (Å²) in [6.07, 6.45) is 0.0851. The lowest BCUT2D eigenvalue weighted by Gasteiger charge is -2.25. The van der Waals surface area contributed by atoms with Crippen molar-refractivity contribution in [2.45, 2.75) is 38.5 Å². The quantitative estimate of drug-likeness (QED) is 0.442. The van der Waals surface area contributed by atoms with Crippen LogP contribution in [0.4, 0.5) is 8.78 Å². The number of aliphatic hydroxyl groups excluding tert-OH is 1. The van der Waals surface area contributed by atoms with Crippen LogP contribution in [0.1, 0.15) is 33.3 Å². The third-order valence-electron chi connectivity index (χ3n) is 4.99. The monoisotopic (exact) mass is 444 g/mol. The number of aliphatic hydroxyl groups is 1. The fourth-order valence-corrected chi connectivity index (χ4v) is 4.01. The van der Waals surface area contributed by atoms with Gasteiger partial charge in [-0.25, -0.2) is 8.78 Å². The lowest BCUT2D eigenvalue weighted by atomic mass is 10.0. The van der Waals surface area contributed by atoms with Gasteiger partial charge in [-0.3, -0.25) is 4.79 Å². The van der Waals surface area contributed by atoms with E-state index in [4.69, 9.17) is 0 Å². The number of aryl methyl sites for hydroxylation is 1. The Morgan fingerprint density at radius 1 is 1.03 bits per heavy atom. The molecule has 7 heteroatoms. The molecule has 0 aliphatic rings. The standard InChI is InChI=1S/C24H26F2N2O2S/c1-2-16-5-3-6-17(9-16)14-27-15-22(29)21(28-24(30)23-7-4-8-31-23)12-18-10-19(25)13-20(26)11-18/h3-11,13,21-22,27,29H,2,12,14-15H2,1H3,(H,28,30)/t21-,22+/m0/s1. The Morgan fingerprint density at radius 2 is 1.77 bits per heavy atom. The second-order valence-corrected chi connectivity index (χ2v) is 8.36. The normalized spacial score (nSPS) is 13.0. The Hall–Kier alpha value is -2.61. The summed E-state index contributed by atoms with van der Waals surface area (Å²) >= 11 is 1.29. The van der Waals surface area contributed by atoms with Gasteiger partial charge in [0.1, 0.15) is 11.6 Å². The minimum absolute atomic E-state index is 0.0972. The molecule has 0 unspecified atom stereocenters. The highest BCUT2D eigenvalue weighted by atomic mass is 32.1. The number of carbonyl (C=O) groups is 1. The van der Waals surface area contributed by atoms with E-state index in [2.05, 4.69) is 29.7 Å². The number of thiophene rings is 1. The van der Waals surface area contributed by atoms with Crippen LogP contribution in [0.15, 0.2) is 60.0 Å². The van der Waals surface area contributed by atoms with Crippen LogP contribution in [0, 0.1) is 11.6 Å². The predicted octanol–water partition coefficient (Wildman–Crippen LogP) is 4.08. The molecule has 3 rings (SSSR count). The van der Waals surface area contributed by atoms with Crippen LogP contribution in [0.2, 0.25) is 0 Å². The maximum absolute atomic E-state index is 13.6. The number of amides is 1. The summed E-state index contributed by atoms with van der Waals surface area (Å²) in [7, 11) is 0. The summed E-state index contributed by atoms with van der Waals surface area (Å²) in [6.45, 7) is 2.86. The molecule has 164 valence electrons. The van der Waals surface area contributed by atoms with E-state index in [9.17, 15) is 18.7 Å². The van der Waals surface area contributed by atoms with E-state index in [1.54, 1.807) is 17.5 Å². The van der Waals surface area contributed by atoms with Crippen molar-refractivity contribution in [1.82, 2.24) is 10.6 Å². The molecule has 1 aromatic heterocycles. The second-order valence-electron chi connectivity index (χ2n) is 7.41. The Kier molecular flexibility index (Phi) is 8.28. The van der Waals surface area contributed by atoms with Crippen LogP contribution in [0.5, 0.6) is 0 Å². The first-order valence-electron chi connectivity index (χ1n) is 10.2. The van der Waals surface area contributed by atoms with Gasteiger partial charge in [0.2, 0.25) is 0 Å². The molecule has 3 aromatic rings. The van der Waals surface area contributed by atoms with Crippen LogP contribution in [0.3, 0.4) is 0 Å². The van der Waals surface area contributed by atoms with E-state index >= 15 is 0 Å². The smallest absolute Gasteiger partial charge is 0.261 e. The summed E-state index contributed by atoms with van der Waals surface area (Å²) in [5.74, 6) is -1.71. The van der Waals surface area contributed by atoms with Crippen molar-refractivity contribution in [3.63, 3.8) is 0 Å². The van der Waals surface area contributed by atoms with Crippen molar-refractivity contribution < 1.29 is 18.7 Å². The van der Waals surface area contributed by atoms with Crippen molar-refractivity contribution >= 4 is 17.2 Å². The SMILES string of the molecule is CCc1cccc(CNC[C@@H](O)[C@H](Cc2cc(F)cc(F)c2)NC(=O)c2cccs2)c1. The van der Waals surface area contributed by atoms with E-state index < -0.39 is 23.8 Å². The van der Waals surface area contributed by atoms with E-state index in [-0.39, 0.29) is 18.9 Å². The minimum atomic E-state index is -0.954. The molecule has 0 aliphatic carbocycles. The molecule has 3 N–H and O–H groups in total. The lowest BCUT2D eigenvalue weighted by Crippen LogP contribution is -2.48. The number of halogens is 2. The molecule has 0 aliphatic heterocycles. The van der Waals surface area contributed by atoms with Crippen LogP contribution >= 0.6 is 11.3 Å². The van der Waals surface area contributed by atoms with Gasteiger partial charge in [0.25, 0.3) is 5.91 Å². The van der Waals surface area contributed by atoms with Crippen molar-refractivity contribution in [3.8, 4) is 0 Å². The van der Waals surface area contributed by atoms with E-state index in [1.165, 1.54) is 29.0 Å². The first-order chi connectivity index (χ1) is 14.9. The van der Waals surface area contributed by atoms with Gasteiger partial charge in [-0.05, 0) is 53.1 Å². The third-order valence-corrected chi connectivity index (χ3v) is 5.85. The highest BCUT2D eigenvalue weighted by Crippen LogP contribution is 2.14. The molecular weight excluding hydrogens is 418 g/mol. The van der Waals surface area contributed by atoms with Gasteiger partial charge in [0.15, 0.2) is 0 Å². The Bertz CT molecular complexity index is 975. The van der Waals surface area contributed by atoms with Crippen LogP contribution in [-0.2, 0) is 19.4 Å². The van der Waals surface area contributed by atoms with Gasteiger partial charge in [0, 0.05) is 19.2 Å². The van der Waals surface area contributed by atoms with Crippen molar-refractivity contribution in [2.24, 2.45) is 0 Å². The summed E-state index contributed by atoms with van der Waals surface area (Å²) in [6, 6.07) is 14.1. The van der Waals surface area contributed by atoms with E-state index in [0.29, 0.717) is 17.0 Å². The predicted molar refractivity (Wildman–Crippen MR) is 119 cm³/mol. The van der Waals surface area contributed by atoms with E-state index in [1.807, 2.05) is 12.1 Å². The van der Waals surface area contributed by atoms with Gasteiger partial charge >= 0.3 is 0 Å². The average Bonchev–Trinajstić information content (AvgIpc) is 3.28. The number of carbonyl (C=O) groups excluding carboxylic acids is 1. The average molecular weight is 445 g/mol. The van der Waals surface area contributed by atoms with Crippen LogP contribution < -0.4 is 10.6 Å². The maximum Gasteiger partial charge on any atom is 0.261 e. The van der Waals surface area contributed by atoms with Crippen molar-refractivity contribution in [1.29, 1.82) is 0 Å². The number of rotatable bonds is 10. The Morgan fingerprint density at radius 3 is 2.45 bits per heavy atom. The number of hydrogen-bond donors (Lipinski definition) is 3. The number of benzene rings is 2. The maximum atomic E-state index is 13.6. The highest BCUT2D eigenvalue weighted by Gasteiger charge is 2.23. The molecule has 2 aromatic carbocycles. The van der Waals surface area contributed by atoms with Crippen molar-refractivity contribution in [3.05, 3.63) is 93.2 Å². The summed E-state index contributed by atoms with van der Waals surface area (Å²) in [4.78, 5) is 13.0. The zero-order valence-electron chi connectivity index (χ0n) is 17.3. The van der Waals surface area contributed by atoms with Crippen LogP contribution in [0.25, 0.3) is 0 Å². The summed E-state index contributed by atoms with van der Waals surface area (Å²) in [5.41, 5.74) is 2.69. The zero-order valence-corrected chi connectivity index (χ0v) is 18.1. The fraction of sp³-hybridized carbons (Fsp3) is 0.292. The third kappa shape index (κ3) is 6.95. The van der Waals surface area contributed by atoms with Gasteiger partial charge < -0.3 is 15.7 Å². The molecule has 31 heavy (non-hydrogen) atoms. The molecule has 1 amide bonds. The Labute approximate surface area is 184 Å². The molecule has 0 fully saturated rings. The number of hydrogen-bond acceptors (Lipinski definition) is 4. The van der Waals surface area contributed by atoms with Gasteiger partial charge in [-0.1, -0.05) is 37.3 Å². The molecule has 4 nitrogen and oxygen atoms in total. The molecular formula is C24H26F2N2O2S. The zero-order chi connectivity index (χ0) is 22.2.